The van der Waals surface area contributed by atoms with Gasteiger partial charge in [0.1, 0.15) is 11.2 Å². The van der Waals surface area contributed by atoms with Crippen LogP contribution in [-0.4, -0.2) is 44.6 Å². The standard InChI is InChI=1S/C21H27ClFN3O3S/c1-5-12-26(30(28,29)19-9-6-17(23)7-10-19)14-16-13-18(24-21(27)15(2)22)8-11-20(16)25(3)4/h6-11,13,15H,5,12,14H2,1-4H3,(H,24,27). The summed E-state index contributed by atoms with van der Waals surface area (Å²) in [5, 5.41) is 2.03. The maximum absolute atomic E-state index is 13.3. The van der Waals surface area contributed by atoms with Gasteiger partial charge >= 0.3 is 0 Å². The van der Waals surface area contributed by atoms with Gasteiger partial charge in [-0.3, -0.25) is 4.79 Å². The van der Waals surface area contributed by atoms with Crippen LogP contribution >= 0.6 is 11.6 Å². The molecule has 0 saturated carbocycles. The van der Waals surface area contributed by atoms with Crippen LogP contribution in [0.25, 0.3) is 0 Å². The van der Waals surface area contributed by atoms with Crippen molar-refractivity contribution in [1.29, 1.82) is 0 Å². The molecule has 1 unspecified atom stereocenters. The summed E-state index contributed by atoms with van der Waals surface area (Å²) in [5.74, 6) is -0.840. The number of rotatable bonds is 9. The van der Waals surface area contributed by atoms with Crippen LogP contribution in [0.4, 0.5) is 15.8 Å². The van der Waals surface area contributed by atoms with Gasteiger partial charge in [-0.05, 0) is 61.4 Å². The number of benzene rings is 2. The molecule has 2 rings (SSSR count). The Morgan fingerprint density at radius 2 is 1.80 bits per heavy atom. The van der Waals surface area contributed by atoms with Crippen LogP contribution < -0.4 is 10.2 Å². The number of sulfonamides is 1. The fourth-order valence-electron chi connectivity index (χ4n) is 2.95. The fraction of sp³-hybridized carbons (Fsp3) is 0.381. The third kappa shape index (κ3) is 5.93. The van der Waals surface area contributed by atoms with E-state index in [9.17, 15) is 17.6 Å². The van der Waals surface area contributed by atoms with Crippen molar-refractivity contribution in [1.82, 2.24) is 4.31 Å². The van der Waals surface area contributed by atoms with E-state index in [1.54, 1.807) is 19.1 Å². The molecule has 0 saturated heterocycles. The van der Waals surface area contributed by atoms with E-state index in [-0.39, 0.29) is 17.3 Å². The molecule has 2 aromatic carbocycles. The number of carbonyl (C=O) groups excluding carboxylic acids is 1. The van der Waals surface area contributed by atoms with E-state index in [1.807, 2.05) is 32.0 Å². The predicted octanol–water partition coefficient (Wildman–Crippen LogP) is 4.06. The molecule has 1 N–H and O–H groups in total. The fourth-order valence-corrected chi connectivity index (χ4v) is 4.51. The van der Waals surface area contributed by atoms with Crippen LogP contribution in [0.5, 0.6) is 0 Å². The van der Waals surface area contributed by atoms with Crippen LogP contribution in [0.15, 0.2) is 47.4 Å². The molecule has 0 radical (unpaired) electrons. The molecule has 9 heteroatoms. The summed E-state index contributed by atoms with van der Waals surface area (Å²) in [6.45, 7) is 3.85. The second-order valence-electron chi connectivity index (χ2n) is 7.14. The number of hydrogen-bond donors (Lipinski definition) is 1. The maximum Gasteiger partial charge on any atom is 0.243 e. The first-order valence-corrected chi connectivity index (χ1v) is 11.4. The Morgan fingerprint density at radius 3 is 2.33 bits per heavy atom. The summed E-state index contributed by atoms with van der Waals surface area (Å²) in [7, 11) is -0.115. The third-order valence-electron chi connectivity index (χ3n) is 4.46. The molecule has 0 bridgehead atoms. The van der Waals surface area contributed by atoms with Crippen molar-refractivity contribution in [2.75, 3.05) is 30.9 Å². The van der Waals surface area contributed by atoms with E-state index < -0.39 is 21.2 Å². The summed E-state index contributed by atoms with van der Waals surface area (Å²) in [6, 6.07) is 10.1. The largest absolute Gasteiger partial charge is 0.377 e. The molecule has 0 aromatic heterocycles. The van der Waals surface area contributed by atoms with Crippen LogP contribution in [0.2, 0.25) is 0 Å². The second-order valence-corrected chi connectivity index (χ2v) is 9.73. The van der Waals surface area contributed by atoms with Crippen molar-refractivity contribution < 1.29 is 17.6 Å². The van der Waals surface area contributed by atoms with Gasteiger partial charge in [-0.25, -0.2) is 12.8 Å². The Balaban J connectivity index is 2.43. The highest BCUT2D eigenvalue weighted by Gasteiger charge is 2.25. The quantitative estimate of drug-likeness (QED) is 0.579. The smallest absolute Gasteiger partial charge is 0.243 e. The Labute approximate surface area is 182 Å². The molecule has 0 aliphatic heterocycles. The molecule has 6 nitrogen and oxygen atoms in total. The third-order valence-corrected chi connectivity index (χ3v) is 6.52. The Morgan fingerprint density at radius 1 is 1.17 bits per heavy atom. The van der Waals surface area contributed by atoms with Gasteiger partial charge < -0.3 is 10.2 Å². The van der Waals surface area contributed by atoms with Crippen molar-refractivity contribution in [3.63, 3.8) is 0 Å². The molecule has 30 heavy (non-hydrogen) atoms. The number of hydrogen-bond acceptors (Lipinski definition) is 4. The minimum atomic E-state index is -3.83. The van der Waals surface area contributed by atoms with E-state index in [0.29, 0.717) is 18.7 Å². The Kier molecular flexibility index (Phi) is 8.23. The summed E-state index contributed by atoms with van der Waals surface area (Å²) in [5.41, 5.74) is 2.07. The average molecular weight is 456 g/mol. The minimum absolute atomic E-state index is 0.0316. The lowest BCUT2D eigenvalue weighted by Gasteiger charge is -2.25. The highest BCUT2D eigenvalue weighted by atomic mass is 35.5. The number of carbonyl (C=O) groups is 1. The first-order chi connectivity index (χ1) is 14.1. The average Bonchev–Trinajstić information content (AvgIpc) is 2.67. The number of nitrogens with one attached hydrogen (secondary N) is 1. The number of halogens is 2. The van der Waals surface area contributed by atoms with Crippen molar-refractivity contribution in [3.8, 4) is 0 Å². The normalized spacial score (nSPS) is 12.6. The Hall–Kier alpha value is -2.16. The van der Waals surface area contributed by atoms with Crippen molar-refractivity contribution >= 4 is 38.9 Å². The SMILES string of the molecule is CCCN(Cc1cc(NC(=O)C(C)Cl)ccc1N(C)C)S(=O)(=O)c1ccc(F)cc1. The number of anilines is 2. The molecule has 1 atom stereocenters. The lowest BCUT2D eigenvalue weighted by molar-refractivity contribution is -0.115. The summed E-state index contributed by atoms with van der Waals surface area (Å²) in [6.07, 6.45) is 0.609. The van der Waals surface area contributed by atoms with Gasteiger partial charge in [0.05, 0.1) is 4.90 Å². The molecular formula is C21H27ClFN3O3S. The Bertz CT molecular complexity index is 979. The van der Waals surface area contributed by atoms with E-state index in [1.165, 1.54) is 16.4 Å². The molecule has 0 aliphatic rings. The van der Waals surface area contributed by atoms with E-state index in [0.717, 1.165) is 23.4 Å². The number of amides is 1. The molecule has 2 aromatic rings. The highest BCUT2D eigenvalue weighted by molar-refractivity contribution is 7.89. The predicted molar refractivity (Wildman–Crippen MR) is 119 cm³/mol. The molecule has 0 fully saturated rings. The van der Waals surface area contributed by atoms with Crippen molar-refractivity contribution in [2.24, 2.45) is 0 Å². The van der Waals surface area contributed by atoms with Crippen LogP contribution in [0, 0.1) is 5.82 Å². The highest BCUT2D eigenvalue weighted by Crippen LogP contribution is 2.27. The van der Waals surface area contributed by atoms with Gasteiger partial charge in [0.25, 0.3) is 0 Å². The summed E-state index contributed by atoms with van der Waals surface area (Å²) >= 11 is 5.83. The molecule has 0 aliphatic carbocycles. The lowest BCUT2D eigenvalue weighted by atomic mass is 10.1. The maximum atomic E-state index is 13.3. The summed E-state index contributed by atoms with van der Waals surface area (Å²) in [4.78, 5) is 13.9. The van der Waals surface area contributed by atoms with Crippen LogP contribution in [0.3, 0.4) is 0 Å². The summed E-state index contributed by atoms with van der Waals surface area (Å²) < 4.78 is 41.0. The van der Waals surface area contributed by atoms with Crippen molar-refractivity contribution in [3.05, 3.63) is 53.8 Å². The zero-order valence-electron chi connectivity index (χ0n) is 17.5. The molecule has 0 heterocycles. The zero-order chi connectivity index (χ0) is 22.5. The second kappa shape index (κ2) is 10.2. The van der Waals surface area contributed by atoms with E-state index >= 15 is 0 Å². The monoisotopic (exact) mass is 455 g/mol. The minimum Gasteiger partial charge on any atom is -0.377 e. The molecule has 164 valence electrons. The first kappa shape index (κ1) is 24.1. The van der Waals surface area contributed by atoms with E-state index in [2.05, 4.69) is 5.32 Å². The first-order valence-electron chi connectivity index (χ1n) is 9.57. The van der Waals surface area contributed by atoms with Gasteiger partial charge in [-0.2, -0.15) is 4.31 Å². The molecular weight excluding hydrogens is 429 g/mol. The van der Waals surface area contributed by atoms with Crippen LogP contribution in [0.1, 0.15) is 25.8 Å². The van der Waals surface area contributed by atoms with Gasteiger partial charge in [0.2, 0.25) is 15.9 Å². The van der Waals surface area contributed by atoms with Crippen LogP contribution in [-0.2, 0) is 21.4 Å². The topological polar surface area (TPSA) is 69.7 Å². The molecule has 1 amide bonds. The van der Waals surface area contributed by atoms with Crippen molar-refractivity contribution in [2.45, 2.75) is 37.1 Å². The molecule has 0 spiro atoms. The van der Waals surface area contributed by atoms with Gasteiger partial charge in [-0.1, -0.05) is 6.92 Å². The zero-order valence-corrected chi connectivity index (χ0v) is 19.1. The van der Waals surface area contributed by atoms with Gasteiger partial charge in [-0.15, -0.1) is 11.6 Å². The van der Waals surface area contributed by atoms with Gasteiger partial charge in [0.15, 0.2) is 0 Å². The number of nitrogens with zero attached hydrogens (tertiary/aromatic N) is 2. The van der Waals surface area contributed by atoms with E-state index in [4.69, 9.17) is 11.6 Å². The van der Waals surface area contributed by atoms with Gasteiger partial charge in [0, 0.05) is 38.6 Å². The lowest BCUT2D eigenvalue weighted by Crippen LogP contribution is -2.32. The number of alkyl halides is 1.